The topological polar surface area (TPSA) is 39.7 Å². The van der Waals surface area contributed by atoms with E-state index in [9.17, 15) is 13.2 Å². The average Bonchev–Trinajstić information content (AvgIpc) is 2.28. The van der Waals surface area contributed by atoms with Gasteiger partial charge in [0.1, 0.15) is 0 Å². The van der Waals surface area contributed by atoms with Gasteiger partial charge in [-0.3, -0.25) is 4.84 Å². The third kappa shape index (κ3) is 4.08. The lowest BCUT2D eigenvalue weighted by molar-refractivity contribution is -0.202. The molecule has 2 rings (SSSR count). The van der Waals surface area contributed by atoms with Crippen molar-refractivity contribution in [1.29, 1.82) is 0 Å². The molecule has 0 aliphatic carbocycles. The van der Waals surface area contributed by atoms with Gasteiger partial charge in [-0.25, -0.2) is 0 Å². The first-order chi connectivity index (χ1) is 8.49. The molecule has 2 aliphatic rings. The van der Waals surface area contributed by atoms with Gasteiger partial charge >= 0.3 is 6.18 Å². The summed E-state index contributed by atoms with van der Waals surface area (Å²) in [5, 5.41) is 0. The molecule has 1 unspecified atom stereocenters. The molecule has 7 heteroatoms. The van der Waals surface area contributed by atoms with Crippen LogP contribution in [0.1, 0.15) is 25.7 Å². The quantitative estimate of drug-likeness (QED) is 0.793. The molecule has 18 heavy (non-hydrogen) atoms. The van der Waals surface area contributed by atoms with E-state index in [1.807, 2.05) is 0 Å². The van der Waals surface area contributed by atoms with Gasteiger partial charge in [0.25, 0.3) is 0 Å². The van der Waals surface area contributed by atoms with E-state index in [0.717, 1.165) is 12.8 Å². The molecule has 0 aromatic heterocycles. The minimum Gasteiger partial charge on any atom is -0.381 e. The Hall–Kier alpha value is -0.370. The molecule has 2 aliphatic heterocycles. The first kappa shape index (κ1) is 14.0. The Labute approximate surface area is 104 Å². The van der Waals surface area contributed by atoms with Crippen molar-refractivity contribution in [2.24, 2.45) is 0 Å². The van der Waals surface area contributed by atoms with E-state index in [-0.39, 0.29) is 11.6 Å². The predicted molar refractivity (Wildman–Crippen MR) is 56.9 cm³/mol. The molecule has 1 N–H and O–H groups in total. The van der Waals surface area contributed by atoms with Crippen molar-refractivity contribution in [3.05, 3.63) is 0 Å². The highest BCUT2D eigenvalue weighted by molar-refractivity contribution is 4.90. The van der Waals surface area contributed by atoms with Crippen LogP contribution in [0.4, 0.5) is 13.2 Å². The lowest BCUT2D eigenvalue weighted by Gasteiger charge is -2.43. The standard InChI is InChI=1S/C11H18F3NO3/c12-11(13,14)8-18-15-9-1-4-17-10(7-9)2-5-16-6-3-10/h9,15H,1-8H2. The van der Waals surface area contributed by atoms with Crippen LogP contribution in [-0.2, 0) is 14.3 Å². The highest BCUT2D eigenvalue weighted by Crippen LogP contribution is 2.34. The zero-order valence-corrected chi connectivity index (χ0v) is 10.1. The lowest BCUT2D eigenvalue weighted by atomic mass is 9.84. The summed E-state index contributed by atoms with van der Waals surface area (Å²) in [4.78, 5) is 4.51. The highest BCUT2D eigenvalue weighted by Gasteiger charge is 2.39. The molecule has 0 radical (unpaired) electrons. The summed E-state index contributed by atoms with van der Waals surface area (Å²) in [5.41, 5.74) is 2.27. The van der Waals surface area contributed by atoms with Crippen LogP contribution >= 0.6 is 0 Å². The number of alkyl halides is 3. The molecule has 1 atom stereocenters. The van der Waals surface area contributed by atoms with Crippen LogP contribution in [0.2, 0.25) is 0 Å². The van der Waals surface area contributed by atoms with E-state index in [1.165, 1.54) is 0 Å². The van der Waals surface area contributed by atoms with Gasteiger partial charge in [0.05, 0.1) is 5.60 Å². The van der Waals surface area contributed by atoms with Crippen molar-refractivity contribution in [3.63, 3.8) is 0 Å². The maximum absolute atomic E-state index is 12.0. The number of ether oxygens (including phenoxy) is 2. The van der Waals surface area contributed by atoms with E-state index in [2.05, 4.69) is 10.3 Å². The molecule has 2 heterocycles. The number of nitrogens with one attached hydrogen (secondary N) is 1. The molecule has 4 nitrogen and oxygen atoms in total. The van der Waals surface area contributed by atoms with Crippen LogP contribution < -0.4 is 5.48 Å². The summed E-state index contributed by atoms with van der Waals surface area (Å²) in [6.45, 7) is 0.583. The Morgan fingerprint density at radius 1 is 1.22 bits per heavy atom. The Bertz CT molecular complexity index is 261. The van der Waals surface area contributed by atoms with E-state index in [0.29, 0.717) is 32.7 Å². The maximum Gasteiger partial charge on any atom is 0.413 e. The molecule has 2 saturated heterocycles. The summed E-state index contributed by atoms with van der Waals surface area (Å²) >= 11 is 0. The fraction of sp³-hybridized carbons (Fsp3) is 1.00. The summed E-state index contributed by atoms with van der Waals surface area (Å²) in [7, 11) is 0. The molecule has 106 valence electrons. The molecule has 0 amide bonds. The third-order valence-corrected chi connectivity index (χ3v) is 3.38. The van der Waals surface area contributed by atoms with Crippen LogP contribution in [0.5, 0.6) is 0 Å². The minimum absolute atomic E-state index is 0.0841. The SMILES string of the molecule is FC(F)(F)CONC1CCOC2(CCOCC2)C1. The van der Waals surface area contributed by atoms with Crippen LogP contribution in [-0.4, -0.2) is 44.2 Å². The van der Waals surface area contributed by atoms with E-state index in [1.54, 1.807) is 0 Å². The smallest absolute Gasteiger partial charge is 0.381 e. The second-order valence-corrected chi connectivity index (χ2v) is 4.86. The van der Waals surface area contributed by atoms with Gasteiger partial charge in [-0.05, 0) is 25.7 Å². The fourth-order valence-electron chi connectivity index (χ4n) is 2.46. The van der Waals surface area contributed by atoms with Gasteiger partial charge < -0.3 is 9.47 Å². The minimum atomic E-state index is -4.30. The predicted octanol–water partition coefficient (Wildman–Crippen LogP) is 1.80. The fourth-order valence-corrected chi connectivity index (χ4v) is 2.46. The van der Waals surface area contributed by atoms with Gasteiger partial charge in [-0.1, -0.05) is 0 Å². The average molecular weight is 269 g/mol. The molecular formula is C11H18F3NO3. The Balaban J connectivity index is 1.76. The lowest BCUT2D eigenvalue weighted by Crippen LogP contribution is -2.50. The molecule has 0 bridgehead atoms. The summed E-state index contributed by atoms with van der Waals surface area (Å²) in [6, 6.07) is -0.0841. The normalized spacial score (nSPS) is 28.5. The van der Waals surface area contributed by atoms with Gasteiger partial charge in [0, 0.05) is 25.9 Å². The molecule has 0 aromatic carbocycles. The van der Waals surface area contributed by atoms with Crippen LogP contribution in [0.15, 0.2) is 0 Å². The zero-order chi connectivity index (χ0) is 13.1. The van der Waals surface area contributed by atoms with Crippen molar-refractivity contribution in [2.45, 2.75) is 43.5 Å². The first-order valence-electron chi connectivity index (χ1n) is 6.15. The first-order valence-corrected chi connectivity index (χ1v) is 6.15. The second kappa shape index (κ2) is 5.73. The monoisotopic (exact) mass is 269 g/mol. The highest BCUT2D eigenvalue weighted by atomic mass is 19.4. The maximum atomic E-state index is 12.0. The van der Waals surface area contributed by atoms with Crippen molar-refractivity contribution >= 4 is 0 Å². The molecule has 0 aromatic rings. The number of halogens is 3. The van der Waals surface area contributed by atoms with E-state index < -0.39 is 12.8 Å². The number of hydroxylamine groups is 1. The molecular weight excluding hydrogens is 251 g/mol. The van der Waals surface area contributed by atoms with Gasteiger partial charge in [0.2, 0.25) is 0 Å². The van der Waals surface area contributed by atoms with Gasteiger partial charge in [-0.15, -0.1) is 0 Å². The van der Waals surface area contributed by atoms with Crippen molar-refractivity contribution in [3.8, 4) is 0 Å². The number of hydrogen-bond donors (Lipinski definition) is 1. The van der Waals surface area contributed by atoms with E-state index in [4.69, 9.17) is 9.47 Å². The third-order valence-electron chi connectivity index (χ3n) is 3.38. The largest absolute Gasteiger partial charge is 0.413 e. The van der Waals surface area contributed by atoms with Crippen molar-refractivity contribution < 1.29 is 27.5 Å². The molecule has 2 fully saturated rings. The molecule has 1 spiro atoms. The van der Waals surface area contributed by atoms with Crippen LogP contribution in [0.25, 0.3) is 0 Å². The number of rotatable bonds is 3. The number of hydrogen-bond acceptors (Lipinski definition) is 4. The summed E-state index contributed by atoms with van der Waals surface area (Å²) in [6.07, 6.45) is -1.36. The van der Waals surface area contributed by atoms with E-state index >= 15 is 0 Å². The van der Waals surface area contributed by atoms with Crippen molar-refractivity contribution in [2.75, 3.05) is 26.4 Å². The summed E-state index contributed by atoms with van der Waals surface area (Å²) < 4.78 is 46.9. The molecule has 0 saturated carbocycles. The van der Waals surface area contributed by atoms with Gasteiger partial charge in [-0.2, -0.15) is 18.7 Å². The summed E-state index contributed by atoms with van der Waals surface area (Å²) in [5.74, 6) is 0. The van der Waals surface area contributed by atoms with Crippen molar-refractivity contribution in [1.82, 2.24) is 5.48 Å². The Morgan fingerprint density at radius 3 is 2.61 bits per heavy atom. The Kier molecular flexibility index (Phi) is 4.47. The second-order valence-electron chi connectivity index (χ2n) is 4.86. The van der Waals surface area contributed by atoms with Crippen LogP contribution in [0, 0.1) is 0 Å². The zero-order valence-electron chi connectivity index (χ0n) is 10.1. The van der Waals surface area contributed by atoms with Crippen LogP contribution in [0.3, 0.4) is 0 Å². The Morgan fingerprint density at radius 2 is 1.94 bits per heavy atom. The van der Waals surface area contributed by atoms with Gasteiger partial charge in [0.15, 0.2) is 6.61 Å².